The van der Waals surface area contributed by atoms with Gasteiger partial charge in [0.05, 0.1) is 13.7 Å². The van der Waals surface area contributed by atoms with Crippen LogP contribution in [0.4, 0.5) is 0 Å². The number of aliphatic hydroxyl groups excluding tert-OH is 1. The van der Waals surface area contributed by atoms with E-state index in [-0.39, 0.29) is 12.1 Å². The fraction of sp³-hybridized carbons (Fsp3) is 0.625. The molecule has 0 heterocycles. The first-order chi connectivity index (χ1) is 9.17. The van der Waals surface area contributed by atoms with E-state index < -0.39 is 0 Å². The second kappa shape index (κ2) is 6.40. The smallest absolute Gasteiger partial charge is 0.118 e. The number of aliphatic hydroxyl groups is 1. The third kappa shape index (κ3) is 3.71. The number of hydrogen-bond acceptors (Lipinski definition) is 3. The normalized spacial score (nSPS) is 19.3. The molecular formula is C16H25NO2. The van der Waals surface area contributed by atoms with Gasteiger partial charge in [-0.25, -0.2) is 0 Å². The first kappa shape index (κ1) is 14.4. The predicted octanol–water partition coefficient (Wildman–Crippen LogP) is 2.52. The first-order valence-electron chi connectivity index (χ1n) is 7.19. The van der Waals surface area contributed by atoms with Crippen molar-refractivity contribution >= 4 is 0 Å². The summed E-state index contributed by atoms with van der Waals surface area (Å²) < 4.78 is 5.17. The van der Waals surface area contributed by atoms with E-state index in [0.717, 1.165) is 25.0 Å². The van der Waals surface area contributed by atoms with E-state index in [4.69, 9.17) is 4.74 Å². The zero-order valence-corrected chi connectivity index (χ0v) is 12.0. The minimum absolute atomic E-state index is 0.0358. The van der Waals surface area contributed by atoms with E-state index in [1.807, 2.05) is 12.1 Å². The van der Waals surface area contributed by atoms with Crippen molar-refractivity contribution in [1.82, 2.24) is 5.32 Å². The van der Waals surface area contributed by atoms with Gasteiger partial charge in [-0.1, -0.05) is 25.0 Å². The van der Waals surface area contributed by atoms with Crippen molar-refractivity contribution in [1.29, 1.82) is 0 Å². The van der Waals surface area contributed by atoms with Crippen LogP contribution in [0.3, 0.4) is 0 Å². The molecule has 106 valence electrons. The minimum atomic E-state index is -0.0358. The molecule has 1 aliphatic carbocycles. The Kier molecular flexibility index (Phi) is 4.83. The van der Waals surface area contributed by atoms with Gasteiger partial charge in [-0.05, 0) is 43.9 Å². The summed E-state index contributed by atoms with van der Waals surface area (Å²) in [5.41, 5.74) is 1.26. The second-order valence-corrected chi connectivity index (χ2v) is 5.74. The summed E-state index contributed by atoms with van der Waals surface area (Å²) in [4.78, 5) is 0. The average molecular weight is 263 g/mol. The Hall–Kier alpha value is -1.06. The minimum Gasteiger partial charge on any atom is -0.497 e. The lowest BCUT2D eigenvalue weighted by Crippen LogP contribution is -2.50. The van der Waals surface area contributed by atoms with Crippen molar-refractivity contribution in [3.8, 4) is 5.75 Å². The highest BCUT2D eigenvalue weighted by Crippen LogP contribution is 2.29. The molecule has 1 saturated carbocycles. The summed E-state index contributed by atoms with van der Waals surface area (Å²) in [6.45, 7) is 2.44. The topological polar surface area (TPSA) is 41.5 Å². The van der Waals surface area contributed by atoms with Gasteiger partial charge < -0.3 is 15.2 Å². The maximum atomic E-state index is 9.62. The Morgan fingerprint density at radius 2 is 1.89 bits per heavy atom. The number of nitrogens with one attached hydrogen (secondary N) is 1. The molecule has 1 aromatic rings. The molecule has 0 aromatic heterocycles. The van der Waals surface area contributed by atoms with E-state index in [1.165, 1.54) is 18.4 Å². The van der Waals surface area contributed by atoms with Gasteiger partial charge in [0, 0.05) is 11.6 Å². The third-order valence-corrected chi connectivity index (χ3v) is 4.12. The van der Waals surface area contributed by atoms with Crippen LogP contribution in [-0.4, -0.2) is 30.4 Å². The van der Waals surface area contributed by atoms with Crippen LogP contribution in [0.2, 0.25) is 0 Å². The highest BCUT2D eigenvalue weighted by molar-refractivity contribution is 5.27. The number of hydrogen-bond donors (Lipinski definition) is 2. The van der Waals surface area contributed by atoms with Crippen molar-refractivity contribution in [2.24, 2.45) is 0 Å². The van der Waals surface area contributed by atoms with Gasteiger partial charge in [0.25, 0.3) is 0 Å². The molecule has 0 saturated heterocycles. The van der Waals surface area contributed by atoms with Gasteiger partial charge in [0.1, 0.15) is 5.75 Å². The van der Waals surface area contributed by atoms with Crippen LogP contribution in [0, 0.1) is 0 Å². The molecule has 3 heteroatoms. The number of ether oxygens (including phenoxy) is 1. The molecule has 19 heavy (non-hydrogen) atoms. The average Bonchev–Trinajstić information content (AvgIpc) is 2.88. The van der Waals surface area contributed by atoms with E-state index in [9.17, 15) is 5.11 Å². The maximum absolute atomic E-state index is 9.62. The zero-order chi connectivity index (χ0) is 13.7. The largest absolute Gasteiger partial charge is 0.497 e. The fourth-order valence-corrected chi connectivity index (χ4v) is 3.09. The van der Waals surface area contributed by atoms with Crippen molar-refractivity contribution in [3.63, 3.8) is 0 Å². The lowest BCUT2D eigenvalue weighted by Gasteiger charge is -2.32. The lowest BCUT2D eigenvalue weighted by molar-refractivity contribution is 0.153. The highest BCUT2D eigenvalue weighted by atomic mass is 16.5. The van der Waals surface area contributed by atoms with Gasteiger partial charge in [-0.15, -0.1) is 0 Å². The van der Waals surface area contributed by atoms with Crippen molar-refractivity contribution in [3.05, 3.63) is 29.8 Å². The van der Waals surface area contributed by atoms with Crippen LogP contribution in [-0.2, 0) is 6.42 Å². The summed E-state index contributed by atoms with van der Waals surface area (Å²) in [5, 5.41) is 13.3. The van der Waals surface area contributed by atoms with Gasteiger partial charge in [-0.3, -0.25) is 0 Å². The molecule has 1 aromatic carbocycles. The maximum Gasteiger partial charge on any atom is 0.118 e. The van der Waals surface area contributed by atoms with Crippen molar-refractivity contribution < 1.29 is 9.84 Å². The molecule has 1 unspecified atom stereocenters. The predicted molar refractivity (Wildman–Crippen MR) is 77.6 cm³/mol. The number of methoxy groups -OCH3 is 1. The standard InChI is InChI=1S/C16H25NO2/c1-13(17-16(12-18)9-3-4-10-16)11-14-5-7-15(19-2)8-6-14/h5-8,13,17-18H,3-4,9-12H2,1-2H3. The van der Waals surface area contributed by atoms with Gasteiger partial charge in [-0.2, -0.15) is 0 Å². The van der Waals surface area contributed by atoms with E-state index in [0.29, 0.717) is 6.04 Å². The Labute approximate surface area is 116 Å². The summed E-state index contributed by atoms with van der Waals surface area (Å²) in [6.07, 6.45) is 5.62. The van der Waals surface area contributed by atoms with Crippen LogP contribution in [0.1, 0.15) is 38.2 Å². The fourth-order valence-electron chi connectivity index (χ4n) is 3.09. The Balaban J connectivity index is 1.90. The van der Waals surface area contributed by atoms with Crippen LogP contribution in [0.15, 0.2) is 24.3 Å². The quantitative estimate of drug-likeness (QED) is 0.828. The molecule has 0 aliphatic heterocycles. The van der Waals surface area contributed by atoms with E-state index in [1.54, 1.807) is 7.11 Å². The van der Waals surface area contributed by atoms with E-state index >= 15 is 0 Å². The van der Waals surface area contributed by atoms with Gasteiger partial charge in [0.15, 0.2) is 0 Å². The Morgan fingerprint density at radius 1 is 1.26 bits per heavy atom. The summed E-state index contributed by atoms with van der Waals surface area (Å²) >= 11 is 0. The number of benzene rings is 1. The highest BCUT2D eigenvalue weighted by Gasteiger charge is 2.33. The zero-order valence-electron chi connectivity index (χ0n) is 12.0. The van der Waals surface area contributed by atoms with Gasteiger partial charge in [0.2, 0.25) is 0 Å². The Bertz CT molecular complexity index is 382. The van der Waals surface area contributed by atoms with Crippen LogP contribution in [0.25, 0.3) is 0 Å². The molecule has 0 radical (unpaired) electrons. The number of rotatable bonds is 6. The van der Waals surface area contributed by atoms with Crippen LogP contribution < -0.4 is 10.1 Å². The molecular weight excluding hydrogens is 238 g/mol. The summed E-state index contributed by atoms with van der Waals surface area (Å²) in [6, 6.07) is 8.59. The first-order valence-corrected chi connectivity index (χ1v) is 7.19. The molecule has 1 atom stereocenters. The molecule has 1 aliphatic rings. The van der Waals surface area contributed by atoms with Crippen LogP contribution >= 0.6 is 0 Å². The molecule has 0 spiro atoms. The monoisotopic (exact) mass is 263 g/mol. The summed E-state index contributed by atoms with van der Waals surface area (Å²) in [5.74, 6) is 0.895. The molecule has 3 nitrogen and oxygen atoms in total. The van der Waals surface area contributed by atoms with E-state index in [2.05, 4.69) is 24.4 Å². The SMILES string of the molecule is COc1ccc(CC(C)NC2(CO)CCCC2)cc1. The van der Waals surface area contributed by atoms with Crippen molar-refractivity contribution in [2.75, 3.05) is 13.7 Å². The van der Waals surface area contributed by atoms with Gasteiger partial charge >= 0.3 is 0 Å². The molecule has 0 amide bonds. The third-order valence-electron chi connectivity index (χ3n) is 4.12. The molecule has 2 N–H and O–H groups in total. The second-order valence-electron chi connectivity index (χ2n) is 5.74. The van der Waals surface area contributed by atoms with Crippen LogP contribution in [0.5, 0.6) is 5.75 Å². The summed E-state index contributed by atoms with van der Waals surface area (Å²) in [7, 11) is 1.68. The lowest BCUT2D eigenvalue weighted by atomic mass is 9.96. The molecule has 2 rings (SSSR count). The van der Waals surface area contributed by atoms with Crippen molar-refractivity contribution in [2.45, 2.75) is 50.6 Å². The molecule has 0 bridgehead atoms. The Morgan fingerprint density at radius 3 is 2.42 bits per heavy atom. The molecule has 1 fully saturated rings.